The molecule has 0 spiro atoms. The number of alkyl halides is 3. The van der Waals surface area contributed by atoms with Crippen LogP contribution in [0.15, 0.2) is 35.2 Å². The van der Waals surface area contributed by atoms with E-state index in [1.54, 1.807) is 0 Å². The molecule has 1 atom stereocenters. The summed E-state index contributed by atoms with van der Waals surface area (Å²) in [6.45, 7) is -0.364. The molecule has 0 bridgehead atoms. The maximum Gasteiger partial charge on any atom is 0.471 e. The number of rotatable bonds is 5. The van der Waals surface area contributed by atoms with Crippen LogP contribution in [0.4, 0.5) is 18.9 Å². The molecular weight excluding hydrogens is 484 g/mol. The Hall–Kier alpha value is -2.37. The third kappa shape index (κ3) is 5.10. The molecule has 1 heterocycles. The van der Waals surface area contributed by atoms with Gasteiger partial charge in [0.05, 0.1) is 28.9 Å². The number of hydrogen-bond acceptors (Lipinski definition) is 5. The first-order valence-electron chi connectivity index (χ1n) is 8.60. The van der Waals surface area contributed by atoms with Gasteiger partial charge in [-0.25, -0.2) is 8.42 Å². The van der Waals surface area contributed by atoms with Gasteiger partial charge >= 0.3 is 12.1 Å². The fraction of sp³-hybridized carbons (Fsp3) is 0.278. The molecule has 2 aromatic rings. The van der Waals surface area contributed by atoms with Crippen molar-refractivity contribution in [3.05, 3.63) is 45.9 Å². The number of nitrogens with one attached hydrogen (secondary N) is 2. The van der Waals surface area contributed by atoms with Gasteiger partial charge in [-0.3, -0.25) is 9.52 Å². The molecule has 0 radical (unpaired) electrons. The Morgan fingerprint density at radius 2 is 1.90 bits per heavy atom. The summed E-state index contributed by atoms with van der Waals surface area (Å²) in [6.07, 6.45) is -5.18. The zero-order valence-corrected chi connectivity index (χ0v) is 18.0. The van der Waals surface area contributed by atoms with Crippen LogP contribution >= 0.6 is 23.2 Å². The molecule has 3 rings (SSSR count). The van der Waals surface area contributed by atoms with Gasteiger partial charge in [-0.15, -0.1) is 0 Å². The second-order valence-corrected chi connectivity index (χ2v) is 8.96. The van der Waals surface area contributed by atoms with Crippen LogP contribution in [0.25, 0.3) is 0 Å². The van der Waals surface area contributed by atoms with Gasteiger partial charge in [0.15, 0.2) is 0 Å². The van der Waals surface area contributed by atoms with E-state index in [0.29, 0.717) is 0 Å². The van der Waals surface area contributed by atoms with Crippen molar-refractivity contribution in [3.8, 4) is 11.5 Å². The number of benzene rings is 2. The van der Waals surface area contributed by atoms with Crippen molar-refractivity contribution in [1.29, 1.82) is 0 Å². The Kier molecular flexibility index (Phi) is 6.49. The molecule has 13 heteroatoms. The van der Waals surface area contributed by atoms with E-state index in [1.807, 2.05) is 5.32 Å². The van der Waals surface area contributed by atoms with Crippen LogP contribution < -0.4 is 19.5 Å². The zero-order valence-electron chi connectivity index (χ0n) is 15.7. The highest BCUT2D eigenvalue weighted by atomic mass is 35.5. The van der Waals surface area contributed by atoms with Gasteiger partial charge in [-0.05, 0) is 30.3 Å². The smallest absolute Gasteiger partial charge is 0.471 e. The van der Waals surface area contributed by atoms with E-state index in [-0.39, 0.29) is 50.7 Å². The van der Waals surface area contributed by atoms with Gasteiger partial charge < -0.3 is 14.8 Å². The average molecular weight is 499 g/mol. The van der Waals surface area contributed by atoms with Gasteiger partial charge in [0.1, 0.15) is 23.0 Å². The fourth-order valence-corrected chi connectivity index (χ4v) is 4.48. The molecule has 1 amide bonds. The molecule has 0 unspecified atom stereocenters. The minimum atomic E-state index is -5.06. The Balaban J connectivity index is 1.93. The minimum Gasteiger partial charge on any atom is -0.496 e. The van der Waals surface area contributed by atoms with Gasteiger partial charge in [0, 0.05) is 12.0 Å². The molecule has 1 aliphatic heterocycles. The molecule has 0 aromatic heterocycles. The van der Waals surface area contributed by atoms with Crippen LogP contribution in [0.3, 0.4) is 0 Å². The number of amides is 1. The third-order valence-corrected chi connectivity index (χ3v) is 6.48. The number of carbonyl (C=O) groups excluding carboxylic acids is 1. The van der Waals surface area contributed by atoms with Crippen molar-refractivity contribution in [1.82, 2.24) is 5.32 Å². The zero-order chi connectivity index (χ0) is 23.0. The van der Waals surface area contributed by atoms with Gasteiger partial charge in [-0.1, -0.05) is 23.2 Å². The summed E-state index contributed by atoms with van der Waals surface area (Å²) in [5.74, 6) is -1.99. The van der Waals surface area contributed by atoms with Crippen LogP contribution in [-0.4, -0.2) is 40.3 Å². The van der Waals surface area contributed by atoms with E-state index in [2.05, 4.69) is 4.72 Å². The number of ether oxygens (including phenoxy) is 2. The van der Waals surface area contributed by atoms with Crippen molar-refractivity contribution in [2.45, 2.75) is 23.5 Å². The van der Waals surface area contributed by atoms with E-state index in [0.717, 1.165) is 0 Å². The first-order chi connectivity index (χ1) is 14.4. The first-order valence-corrected chi connectivity index (χ1v) is 10.8. The Bertz CT molecular complexity index is 1130. The molecule has 0 saturated carbocycles. The van der Waals surface area contributed by atoms with Crippen molar-refractivity contribution < 1.29 is 35.9 Å². The lowest BCUT2D eigenvalue weighted by atomic mass is 10.0. The molecule has 1 aliphatic rings. The predicted octanol–water partition coefficient (Wildman–Crippen LogP) is 3.78. The van der Waals surface area contributed by atoms with Crippen LogP contribution in [0, 0.1) is 0 Å². The summed E-state index contributed by atoms with van der Waals surface area (Å²) in [4.78, 5) is 11.0. The summed E-state index contributed by atoms with van der Waals surface area (Å²) in [5.41, 5.74) is 0.350. The fourth-order valence-electron chi connectivity index (χ4n) is 2.96. The molecule has 2 aromatic carbocycles. The van der Waals surface area contributed by atoms with Crippen LogP contribution in [0.5, 0.6) is 11.5 Å². The van der Waals surface area contributed by atoms with Crippen molar-refractivity contribution in [2.75, 3.05) is 18.4 Å². The topological polar surface area (TPSA) is 93.7 Å². The normalized spacial score (nSPS) is 16.1. The monoisotopic (exact) mass is 498 g/mol. The summed E-state index contributed by atoms with van der Waals surface area (Å²) in [6, 6.07) is 5.70. The van der Waals surface area contributed by atoms with Crippen molar-refractivity contribution in [3.63, 3.8) is 0 Å². The molecule has 0 fully saturated rings. The molecular formula is C18H15Cl2F3N2O5S. The van der Waals surface area contributed by atoms with Crippen LogP contribution in [0.1, 0.15) is 5.56 Å². The van der Waals surface area contributed by atoms with Crippen LogP contribution in [0.2, 0.25) is 10.0 Å². The number of methoxy groups -OCH3 is 1. The number of hydrogen-bond donors (Lipinski definition) is 2. The summed E-state index contributed by atoms with van der Waals surface area (Å²) in [5, 5.41) is 2.20. The largest absolute Gasteiger partial charge is 0.496 e. The van der Waals surface area contributed by atoms with Crippen LogP contribution in [-0.2, 0) is 21.2 Å². The molecule has 0 saturated heterocycles. The summed E-state index contributed by atoms with van der Waals surface area (Å²) < 4.78 is 76.5. The van der Waals surface area contributed by atoms with Gasteiger partial charge in [0.25, 0.3) is 10.0 Å². The van der Waals surface area contributed by atoms with Crippen molar-refractivity contribution >= 4 is 44.8 Å². The van der Waals surface area contributed by atoms with E-state index < -0.39 is 28.1 Å². The SMILES string of the molecule is COc1ccc(S(=O)(=O)Nc2ccc(Cl)c(Cl)c2)c2c1C[C@@H](NC(=O)C(F)(F)F)CO2. The Labute approximate surface area is 185 Å². The molecule has 0 aliphatic carbocycles. The first kappa shape index (κ1) is 23.3. The van der Waals surface area contributed by atoms with Gasteiger partial charge in [0.2, 0.25) is 0 Å². The highest BCUT2D eigenvalue weighted by molar-refractivity contribution is 7.92. The number of halogens is 5. The second-order valence-electron chi connectivity index (χ2n) is 6.49. The van der Waals surface area contributed by atoms with E-state index in [9.17, 15) is 26.4 Å². The van der Waals surface area contributed by atoms with Crippen molar-refractivity contribution in [2.24, 2.45) is 0 Å². The maximum atomic E-state index is 12.9. The lowest BCUT2D eigenvalue weighted by molar-refractivity contribution is -0.174. The summed E-state index contributed by atoms with van der Waals surface area (Å²) in [7, 11) is -2.86. The van der Waals surface area contributed by atoms with E-state index in [1.165, 1.54) is 37.4 Å². The third-order valence-electron chi connectivity index (χ3n) is 4.33. The Morgan fingerprint density at radius 1 is 1.19 bits per heavy atom. The predicted molar refractivity (Wildman–Crippen MR) is 107 cm³/mol. The standard InChI is InChI=1S/C18H15Cl2F3N2O5S/c1-29-14-4-5-15(31(27,28)25-9-2-3-12(19)13(20)7-9)16-11(14)6-10(8-30-16)24-17(26)18(21,22)23/h2-5,7,10,25H,6,8H2,1H3,(H,24,26)/t10-/m1/s1. The number of sulfonamides is 1. The lowest BCUT2D eigenvalue weighted by Crippen LogP contribution is -2.48. The number of anilines is 1. The number of carbonyl (C=O) groups is 1. The van der Waals surface area contributed by atoms with E-state index in [4.69, 9.17) is 32.7 Å². The highest BCUT2D eigenvalue weighted by Crippen LogP contribution is 2.39. The second kappa shape index (κ2) is 8.64. The summed E-state index contributed by atoms with van der Waals surface area (Å²) >= 11 is 11.7. The maximum absolute atomic E-state index is 12.9. The Morgan fingerprint density at radius 3 is 2.52 bits per heavy atom. The molecule has 31 heavy (non-hydrogen) atoms. The van der Waals surface area contributed by atoms with E-state index >= 15 is 0 Å². The molecule has 2 N–H and O–H groups in total. The highest BCUT2D eigenvalue weighted by Gasteiger charge is 2.41. The lowest BCUT2D eigenvalue weighted by Gasteiger charge is -2.29. The van der Waals surface area contributed by atoms with Gasteiger partial charge in [-0.2, -0.15) is 13.2 Å². The molecule has 7 nitrogen and oxygen atoms in total. The minimum absolute atomic E-state index is 0.0792. The average Bonchev–Trinajstić information content (AvgIpc) is 2.68. The molecule has 168 valence electrons. The quantitative estimate of drug-likeness (QED) is 0.654. The number of fused-ring (bicyclic) bond motifs is 1.